The fourth-order valence-electron chi connectivity index (χ4n) is 1.35. The zero-order valence-electron chi connectivity index (χ0n) is 8.75. The number of halogens is 1. The molecule has 0 spiro atoms. The van der Waals surface area contributed by atoms with E-state index < -0.39 is 10.2 Å². The summed E-state index contributed by atoms with van der Waals surface area (Å²) in [5.41, 5.74) is 1.21. The minimum Gasteiger partial charge on any atom is -0.239 e. The Morgan fingerprint density at radius 3 is 2.62 bits per heavy atom. The van der Waals surface area contributed by atoms with Gasteiger partial charge in [0.25, 0.3) is 0 Å². The Balaban J connectivity index is 2.73. The van der Waals surface area contributed by atoms with Crippen molar-refractivity contribution < 1.29 is 8.42 Å². The van der Waals surface area contributed by atoms with E-state index in [1.807, 2.05) is 0 Å². The van der Waals surface area contributed by atoms with Gasteiger partial charge in [0, 0.05) is 20.3 Å². The number of hydrogen-bond donors (Lipinski definition) is 0. The van der Waals surface area contributed by atoms with Crippen molar-refractivity contribution in [1.82, 2.24) is 13.3 Å². The van der Waals surface area contributed by atoms with Crippen molar-refractivity contribution in [3.63, 3.8) is 0 Å². The summed E-state index contributed by atoms with van der Waals surface area (Å²) in [6, 6.07) is 5.10. The van der Waals surface area contributed by atoms with Gasteiger partial charge in [-0.15, -0.1) is 0 Å². The van der Waals surface area contributed by atoms with Crippen molar-refractivity contribution in [2.24, 2.45) is 0 Å². The Morgan fingerprint density at radius 1 is 1.31 bits per heavy atom. The van der Waals surface area contributed by atoms with Crippen LogP contribution < -0.4 is 0 Å². The van der Waals surface area contributed by atoms with Gasteiger partial charge in [-0.05, 0) is 34.1 Å². The molecule has 0 saturated carbocycles. The third kappa shape index (κ3) is 1.74. The van der Waals surface area contributed by atoms with Gasteiger partial charge in [0.05, 0.1) is 11.0 Å². The van der Waals surface area contributed by atoms with Gasteiger partial charge < -0.3 is 0 Å². The molecule has 2 heterocycles. The summed E-state index contributed by atoms with van der Waals surface area (Å²) in [7, 11) is -0.491. The highest BCUT2D eigenvalue weighted by atomic mass is 79.9. The van der Waals surface area contributed by atoms with Crippen LogP contribution in [0.1, 0.15) is 0 Å². The number of hydrogen-bond acceptors (Lipinski definition) is 3. The lowest BCUT2D eigenvalue weighted by atomic mass is 10.4. The highest BCUT2D eigenvalue weighted by molar-refractivity contribution is 9.10. The van der Waals surface area contributed by atoms with Crippen LogP contribution in [0.2, 0.25) is 0 Å². The summed E-state index contributed by atoms with van der Waals surface area (Å²) in [6.45, 7) is 0. The molecule has 0 aliphatic heterocycles. The number of aromatic nitrogens is 2. The van der Waals surface area contributed by atoms with Crippen LogP contribution in [-0.2, 0) is 10.2 Å². The Morgan fingerprint density at radius 2 is 2.00 bits per heavy atom. The molecule has 2 aromatic rings. The van der Waals surface area contributed by atoms with Crippen LogP contribution in [0, 0.1) is 0 Å². The topological polar surface area (TPSA) is 55.2 Å². The van der Waals surface area contributed by atoms with Crippen molar-refractivity contribution in [3.8, 4) is 0 Å². The highest BCUT2D eigenvalue weighted by Crippen LogP contribution is 2.19. The molecule has 0 saturated heterocycles. The van der Waals surface area contributed by atoms with Gasteiger partial charge in [0.2, 0.25) is 0 Å². The van der Waals surface area contributed by atoms with Gasteiger partial charge in [-0.3, -0.25) is 0 Å². The Hall–Kier alpha value is -0.920. The summed E-state index contributed by atoms with van der Waals surface area (Å²) in [4.78, 5) is 4.18. The summed E-state index contributed by atoms with van der Waals surface area (Å²) < 4.78 is 26.9. The van der Waals surface area contributed by atoms with Crippen LogP contribution in [0.4, 0.5) is 0 Å². The lowest BCUT2D eigenvalue weighted by Crippen LogP contribution is -2.28. The third-order valence-electron chi connectivity index (χ3n) is 2.18. The third-order valence-corrected chi connectivity index (χ3v) is 4.36. The number of nitrogens with zero attached hydrogens (tertiary/aromatic N) is 3. The smallest absolute Gasteiger partial charge is 0.239 e. The molecule has 2 rings (SSSR count). The van der Waals surface area contributed by atoms with Crippen molar-refractivity contribution in [2.45, 2.75) is 0 Å². The van der Waals surface area contributed by atoms with E-state index in [4.69, 9.17) is 0 Å². The van der Waals surface area contributed by atoms with E-state index in [0.29, 0.717) is 15.6 Å². The summed E-state index contributed by atoms with van der Waals surface area (Å²) >= 11 is 3.24. The molecule has 0 unspecified atom stereocenters. The maximum atomic E-state index is 11.9. The second-order valence-electron chi connectivity index (χ2n) is 3.44. The minimum absolute atomic E-state index is 0.567. The van der Waals surface area contributed by atoms with E-state index in [0.717, 1.165) is 4.31 Å². The summed E-state index contributed by atoms with van der Waals surface area (Å²) in [6.07, 6.45) is 1.50. The van der Waals surface area contributed by atoms with E-state index in [2.05, 4.69) is 20.9 Å². The molecular formula is C9H10BrN3O2S. The molecular weight excluding hydrogens is 294 g/mol. The predicted octanol–water partition coefficient (Wildman–Crippen LogP) is 1.45. The maximum Gasteiger partial charge on any atom is 0.307 e. The summed E-state index contributed by atoms with van der Waals surface area (Å²) in [5.74, 6) is 0. The Kier molecular flexibility index (Phi) is 2.77. The van der Waals surface area contributed by atoms with Crippen LogP contribution in [0.5, 0.6) is 0 Å². The minimum atomic E-state index is -3.48. The normalized spacial score (nSPS) is 12.5. The molecule has 0 fully saturated rings. The van der Waals surface area contributed by atoms with Crippen molar-refractivity contribution in [2.75, 3.05) is 14.1 Å². The van der Waals surface area contributed by atoms with E-state index in [1.54, 1.807) is 18.2 Å². The molecule has 0 aromatic carbocycles. The van der Waals surface area contributed by atoms with Crippen LogP contribution in [0.15, 0.2) is 29.0 Å². The number of pyridine rings is 1. The number of rotatable bonds is 2. The van der Waals surface area contributed by atoms with Crippen LogP contribution in [0.25, 0.3) is 11.0 Å². The first-order chi connectivity index (χ1) is 7.43. The second-order valence-corrected chi connectivity index (χ2v) is 6.27. The first kappa shape index (κ1) is 11.6. The molecule has 86 valence electrons. The molecule has 5 nitrogen and oxygen atoms in total. The van der Waals surface area contributed by atoms with E-state index in [-0.39, 0.29) is 0 Å². The average Bonchev–Trinajstić information content (AvgIpc) is 2.60. The fraction of sp³-hybridized carbons (Fsp3) is 0.222. The highest BCUT2D eigenvalue weighted by Gasteiger charge is 2.18. The molecule has 0 aliphatic rings. The Bertz CT molecular complexity index is 633. The molecule has 16 heavy (non-hydrogen) atoms. The summed E-state index contributed by atoms with van der Waals surface area (Å²) in [5, 5.41) is 0. The molecule has 7 heteroatoms. The lowest BCUT2D eigenvalue weighted by Gasteiger charge is -2.12. The molecule has 0 radical (unpaired) electrons. The van der Waals surface area contributed by atoms with E-state index in [1.165, 1.54) is 24.3 Å². The van der Waals surface area contributed by atoms with Gasteiger partial charge in [-0.2, -0.15) is 12.7 Å². The van der Waals surface area contributed by atoms with Crippen LogP contribution in [-0.4, -0.2) is 35.8 Å². The molecule has 0 N–H and O–H groups in total. The monoisotopic (exact) mass is 303 g/mol. The van der Waals surface area contributed by atoms with Gasteiger partial charge >= 0.3 is 10.2 Å². The molecule has 2 aromatic heterocycles. The average molecular weight is 304 g/mol. The first-order valence-corrected chi connectivity index (χ1v) is 6.68. The van der Waals surface area contributed by atoms with Crippen LogP contribution in [0.3, 0.4) is 0 Å². The quantitative estimate of drug-likeness (QED) is 0.789. The zero-order chi connectivity index (χ0) is 11.9. The predicted molar refractivity (Wildman–Crippen MR) is 65.4 cm³/mol. The largest absolute Gasteiger partial charge is 0.307 e. The van der Waals surface area contributed by atoms with Crippen molar-refractivity contribution >= 4 is 37.2 Å². The first-order valence-electron chi connectivity index (χ1n) is 4.49. The van der Waals surface area contributed by atoms with Crippen molar-refractivity contribution in [1.29, 1.82) is 0 Å². The number of fused-ring (bicyclic) bond motifs is 1. The zero-order valence-corrected chi connectivity index (χ0v) is 11.2. The molecule has 0 atom stereocenters. The van der Waals surface area contributed by atoms with Gasteiger partial charge in [-0.1, -0.05) is 0 Å². The second kappa shape index (κ2) is 3.83. The van der Waals surface area contributed by atoms with Gasteiger partial charge in [0.1, 0.15) is 4.60 Å². The van der Waals surface area contributed by atoms with E-state index >= 15 is 0 Å². The molecule has 0 bridgehead atoms. The van der Waals surface area contributed by atoms with Crippen LogP contribution >= 0.6 is 15.9 Å². The van der Waals surface area contributed by atoms with Crippen molar-refractivity contribution in [3.05, 3.63) is 29.0 Å². The maximum absolute atomic E-state index is 11.9. The van der Waals surface area contributed by atoms with Gasteiger partial charge in [-0.25, -0.2) is 8.96 Å². The standard InChI is InChI=1S/C9H10BrN3O2S/c1-12(2)16(14,15)13-6-5-7-8(13)3-4-9(10)11-7/h3-6H,1-2H3. The fourth-order valence-corrected chi connectivity index (χ4v) is 2.64. The molecule has 0 aliphatic carbocycles. The SMILES string of the molecule is CN(C)S(=O)(=O)n1ccc2nc(Br)ccc21. The Labute approximate surface area is 102 Å². The van der Waals surface area contributed by atoms with E-state index in [9.17, 15) is 8.42 Å². The lowest BCUT2D eigenvalue weighted by molar-refractivity contribution is 0.512. The molecule has 0 amide bonds. The van der Waals surface area contributed by atoms with Gasteiger partial charge in [0.15, 0.2) is 0 Å².